The van der Waals surface area contributed by atoms with Crippen molar-refractivity contribution in [3.05, 3.63) is 92.3 Å². The molecule has 0 bridgehead atoms. The average molecular weight is 498 g/mol. The minimum Gasteiger partial charge on any atom is -0.493 e. The number of alkyl halides is 3. The molecule has 4 aromatic rings. The Morgan fingerprint density at radius 2 is 1.81 bits per heavy atom. The van der Waals surface area contributed by atoms with E-state index in [-0.39, 0.29) is 39.4 Å². The van der Waals surface area contributed by atoms with E-state index in [2.05, 4.69) is 10.1 Å². The van der Waals surface area contributed by atoms with Gasteiger partial charge in [0.2, 0.25) is 5.75 Å². The molecule has 0 aliphatic carbocycles. The summed E-state index contributed by atoms with van der Waals surface area (Å²) in [7, 11) is 2.55. The molecule has 1 aromatic heterocycles. The molecule has 184 valence electrons. The number of nitrogens with zero attached hydrogens (tertiary/aromatic N) is 4. The maximum Gasteiger partial charge on any atom is 0.416 e. The van der Waals surface area contributed by atoms with E-state index in [4.69, 9.17) is 9.47 Å². The number of rotatable bonds is 6. The number of fused-ring (bicyclic) bond motifs is 1. The highest BCUT2D eigenvalue weighted by Gasteiger charge is 2.31. The Labute approximate surface area is 201 Å². The first kappa shape index (κ1) is 24.4. The summed E-state index contributed by atoms with van der Waals surface area (Å²) >= 11 is 0. The third kappa shape index (κ3) is 4.60. The van der Waals surface area contributed by atoms with Crippen LogP contribution in [0.3, 0.4) is 0 Å². The van der Waals surface area contributed by atoms with Crippen molar-refractivity contribution in [3.8, 4) is 22.9 Å². The number of hydrogen-bond donors (Lipinski definition) is 0. The largest absolute Gasteiger partial charge is 0.493 e. The number of nitro benzene ring substituents is 1. The third-order valence-corrected chi connectivity index (χ3v) is 5.20. The van der Waals surface area contributed by atoms with Gasteiger partial charge >= 0.3 is 11.9 Å². The predicted molar refractivity (Wildman–Crippen MR) is 126 cm³/mol. The number of hydrogen-bond acceptors (Lipinski definition) is 7. The van der Waals surface area contributed by atoms with E-state index in [1.807, 2.05) is 0 Å². The van der Waals surface area contributed by atoms with E-state index >= 15 is 0 Å². The van der Waals surface area contributed by atoms with Crippen molar-refractivity contribution in [2.24, 2.45) is 5.10 Å². The summed E-state index contributed by atoms with van der Waals surface area (Å²) in [6.07, 6.45) is -3.47. The summed E-state index contributed by atoms with van der Waals surface area (Å²) in [6.45, 7) is 0. The van der Waals surface area contributed by atoms with Crippen LogP contribution in [0.25, 0.3) is 22.3 Å². The van der Waals surface area contributed by atoms with Crippen molar-refractivity contribution in [2.75, 3.05) is 14.2 Å². The Balaban J connectivity index is 1.94. The van der Waals surface area contributed by atoms with Crippen LogP contribution in [-0.4, -0.2) is 35.0 Å². The second-order valence-electron chi connectivity index (χ2n) is 7.43. The molecule has 0 N–H and O–H groups in total. The highest BCUT2D eigenvalue weighted by atomic mass is 19.4. The van der Waals surface area contributed by atoms with Crippen LogP contribution in [0, 0.1) is 10.1 Å². The number of methoxy groups -OCH3 is 2. The molecule has 0 unspecified atom stereocenters. The van der Waals surface area contributed by atoms with E-state index in [0.29, 0.717) is 0 Å². The molecular weight excluding hydrogens is 481 g/mol. The van der Waals surface area contributed by atoms with Crippen LogP contribution in [0.15, 0.2) is 70.6 Å². The number of benzene rings is 3. The minimum absolute atomic E-state index is 0.00289. The van der Waals surface area contributed by atoms with E-state index in [0.717, 1.165) is 29.1 Å². The fourth-order valence-corrected chi connectivity index (χ4v) is 3.55. The van der Waals surface area contributed by atoms with Gasteiger partial charge < -0.3 is 9.47 Å². The summed E-state index contributed by atoms with van der Waals surface area (Å²) in [4.78, 5) is 28.5. The standard InChI is InChI=1S/C24H17F3N4O5/c1-35-20-11-14(10-19(31(33)34)21(20)36-2)13-28-30-22(15-6-5-7-16(12-15)24(25,26)27)29-18-9-4-3-8-17(18)23(30)32/h3-13H,1-2H3. The number of nitro groups is 1. The number of ether oxygens (including phenoxy) is 2. The summed E-state index contributed by atoms with van der Waals surface area (Å²) < 4.78 is 51.0. The normalized spacial score (nSPS) is 11.7. The number of halogens is 3. The smallest absolute Gasteiger partial charge is 0.416 e. The van der Waals surface area contributed by atoms with Gasteiger partial charge in [0.1, 0.15) is 0 Å². The first-order valence-corrected chi connectivity index (χ1v) is 10.3. The first-order valence-electron chi connectivity index (χ1n) is 10.3. The Morgan fingerprint density at radius 1 is 1.06 bits per heavy atom. The quantitative estimate of drug-likeness (QED) is 0.213. The zero-order valence-electron chi connectivity index (χ0n) is 18.8. The van der Waals surface area contributed by atoms with Gasteiger partial charge in [-0.25, -0.2) is 4.98 Å². The highest BCUT2D eigenvalue weighted by Crippen LogP contribution is 2.37. The van der Waals surface area contributed by atoms with Crippen LogP contribution < -0.4 is 15.0 Å². The molecule has 0 fully saturated rings. The fraction of sp³-hybridized carbons (Fsp3) is 0.125. The van der Waals surface area contributed by atoms with Crippen LogP contribution >= 0.6 is 0 Å². The van der Waals surface area contributed by atoms with Crippen molar-refractivity contribution in [2.45, 2.75) is 6.18 Å². The van der Waals surface area contributed by atoms with Gasteiger partial charge in [-0.3, -0.25) is 14.9 Å². The molecule has 4 rings (SSSR count). The van der Waals surface area contributed by atoms with Crippen LogP contribution in [0.1, 0.15) is 11.1 Å². The maximum absolute atomic E-state index is 13.3. The Morgan fingerprint density at radius 3 is 2.47 bits per heavy atom. The lowest BCUT2D eigenvalue weighted by Crippen LogP contribution is -2.20. The molecule has 0 spiro atoms. The lowest BCUT2D eigenvalue weighted by atomic mass is 10.1. The second kappa shape index (κ2) is 9.49. The van der Waals surface area contributed by atoms with Gasteiger partial charge in [-0.2, -0.15) is 22.9 Å². The Kier molecular flexibility index (Phi) is 6.43. The maximum atomic E-state index is 13.3. The minimum atomic E-state index is -4.61. The molecule has 0 aliphatic rings. The predicted octanol–water partition coefficient (Wildman–Crippen LogP) is 4.89. The third-order valence-electron chi connectivity index (χ3n) is 5.20. The van der Waals surface area contributed by atoms with Gasteiger partial charge in [-0.15, -0.1) is 0 Å². The zero-order chi connectivity index (χ0) is 26.0. The molecule has 0 aliphatic heterocycles. The average Bonchev–Trinajstić information content (AvgIpc) is 2.86. The molecule has 1 heterocycles. The molecule has 9 nitrogen and oxygen atoms in total. The lowest BCUT2D eigenvalue weighted by Gasteiger charge is -2.12. The first-order chi connectivity index (χ1) is 17.1. The monoisotopic (exact) mass is 498 g/mol. The second-order valence-corrected chi connectivity index (χ2v) is 7.43. The van der Waals surface area contributed by atoms with Gasteiger partial charge in [-0.1, -0.05) is 24.3 Å². The van der Waals surface area contributed by atoms with Gasteiger partial charge in [0.05, 0.1) is 41.8 Å². The zero-order valence-corrected chi connectivity index (χ0v) is 18.8. The van der Waals surface area contributed by atoms with Crippen LogP contribution in [0.5, 0.6) is 11.5 Å². The molecule has 0 atom stereocenters. The summed E-state index contributed by atoms with van der Waals surface area (Å²) in [5.41, 5.74) is -1.52. The SMILES string of the molecule is COc1cc(C=Nn2c(-c3cccc(C(F)(F)F)c3)nc3ccccc3c2=O)cc([N+](=O)[O-])c1OC. The van der Waals surface area contributed by atoms with Crippen molar-refractivity contribution >= 4 is 22.8 Å². The topological polar surface area (TPSA) is 109 Å². The van der Waals surface area contributed by atoms with Crippen molar-refractivity contribution in [3.63, 3.8) is 0 Å². The molecular formula is C24H17F3N4O5. The van der Waals surface area contributed by atoms with Gasteiger partial charge in [-0.05, 0) is 30.3 Å². The van der Waals surface area contributed by atoms with E-state index < -0.39 is 27.9 Å². The van der Waals surface area contributed by atoms with Crippen molar-refractivity contribution in [1.29, 1.82) is 0 Å². The summed E-state index contributed by atoms with van der Waals surface area (Å²) in [6, 6.07) is 13.2. The molecule has 12 heteroatoms. The highest BCUT2D eigenvalue weighted by molar-refractivity contribution is 5.84. The molecule has 0 amide bonds. The van der Waals surface area contributed by atoms with Crippen LogP contribution in [0.4, 0.5) is 18.9 Å². The van der Waals surface area contributed by atoms with E-state index in [9.17, 15) is 28.1 Å². The molecule has 0 saturated heterocycles. The Bertz CT molecular complexity index is 1560. The lowest BCUT2D eigenvalue weighted by molar-refractivity contribution is -0.385. The molecule has 36 heavy (non-hydrogen) atoms. The Hall–Kier alpha value is -4.74. The van der Waals surface area contributed by atoms with Gasteiger partial charge in [0.15, 0.2) is 11.6 Å². The molecule has 0 radical (unpaired) electrons. The number of aromatic nitrogens is 2. The van der Waals surface area contributed by atoms with Gasteiger partial charge in [0, 0.05) is 17.2 Å². The summed E-state index contributed by atoms with van der Waals surface area (Å²) in [5, 5.41) is 15.8. The molecule has 0 saturated carbocycles. The van der Waals surface area contributed by atoms with Crippen LogP contribution in [0.2, 0.25) is 0 Å². The fourth-order valence-electron chi connectivity index (χ4n) is 3.55. The van der Waals surface area contributed by atoms with E-state index in [1.165, 1.54) is 38.5 Å². The van der Waals surface area contributed by atoms with Gasteiger partial charge in [0.25, 0.3) is 5.56 Å². The summed E-state index contributed by atoms with van der Waals surface area (Å²) in [5.74, 6) is -0.194. The van der Waals surface area contributed by atoms with Crippen LogP contribution in [-0.2, 0) is 6.18 Å². The van der Waals surface area contributed by atoms with Crippen molar-refractivity contribution in [1.82, 2.24) is 9.66 Å². The molecule has 3 aromatic carbocycles. The van der Waals surface area contributed by atoms with Crippen molar-refractivity contribution < 1.29 is 27.6 Å². The number of para-hydroxylation sites is 1. The van der Waals surface area contributed by atoms with E-state index in [1.54, 1.807) is 18.2 Å².